The van der Waals surface area contributed by atoms with Crippen LogP contribution in [0.3, 0.4) is 0 Å². The summed E-state index contributed by atoms with van der Waals surface area (Å²) in [6.45, 7) is 8.23. The molecule has 0 aliphatic heterocycles. The van der Waals surface area contributed by atoms with E-state index in [1.807, 2.05) is 18.2 Å². The van der Waals surface area contributed by atoms with Crippen molar-refractivity contribution in [3.05, 3.63) is 35.9 Å². The second kappa shape index (κ2) is 6.06. The Bertz CT molecular complexity index is 494. The first-order valence-electron chi connectivity index (χ1n) is 6.63. The summed E-state index contributed by atoms with van der Waals surface area (Å²) in [5.41, 5.74) is 1.26. The van der Waals surface area contributed by atoms with Crippen LogP contribution < -0.4 is 5.32 Å². The van der Waals surface area contributed by atoms with Crippen molar-refractivity contribution in [1.82, 2.24) is 5.32 Å². The van der Waals surface area contributed by atoms with Crippen LogP contribution in [0.5, 0.6) is 0 Å². The van der Waals surface area contributed by atoms with Crippen molar-refractivity contribution in [2.45, 2.75) is 44.4 Å². The Labute approximate surface area is 117 Å². The SMILES string of the molecule is C[C@H](NCC(C)(C)S(C)(=O)=O)[C@@H](C)c1ccccc1. The van der Waals surface area contributed by atoms with Crippen LogP contribution in [0.2, 0.25) is 0 Å². The highest BCUT2D eigenvalue weighted by molar-refractivity contribution is 7.92. The lowest BCUT2D eigenvalue weighted by Crippen LogP contribution is -2.45. The van der Waals surface area contributed by atoms with Gasteiger partial charge in [0.15, 0.2) is 9.84 Å². The number of sulfone groups is 1. The van der Waals surface area contributed by atoms with E-state index in [1.165, 1.54) is 11.8 Å². The van der Waals surface area contributed by atoms with E-state index in [0.29, 0.717) is 12.5 Å². The maximum Gasteiger partial charge on any atom is 0.153 e. The van der Waals surface area contributed by atoms with Crippen LogP contribution >= 0.6 is 0 Å². The quantitative estimate of drug-likeness (QED) is 0.873. The Hall–Kier alpha value is -0.870. The fraction of sp³-hybridized carbons (Fsp3) is 0.600. The van der Waals surface area contributed by atoms with Crippen molar-refractivity contribution >= 4 is 9.84 Å². The van der Waals surface area contributed by atoms with E-state index in [1.54, 1.807) is 13.8 Å². The topological polar surface area (TPSA) is 46.2 Å². The smallest absolute Gasteiger partial charge is 0.153 e. The van der Waals surface area contributed by atoms with E-state index in [-0.39, 0.29) is 6.04 Å². The van der Waals surface area contributed by atoms with Gasteiger partial charge in [-0.05, 0) is 32.3 Å². The lowest BCUT2D eigenvalue weighted by molar-refractivity contribution is 0.443. The highest BCUT2D eigenvalue weighted by Crippen LogP contribution is 2.20. The van der Waals surface area contributed by atoms with Gasteiger partial charge < -0.3 is 5.32 Å². The lowest BCUT2D eigenvalue weighted by atomic mass is 9.94. The van der Waals surface area contributed by atoms with Gasteiger partial charge in [0, 0.05) is 18.8 Å². The zero-order valence-electron chi connectivity index (χ0n) is 12.5. The molecule has 19 heavy (non-hydrogen) atoms. The maximum absolute atomic E-state index is 11.7. The normalized spacial score (nSPS) is 16.1. The molecule has 1 rings (SSSR count). The summed E-state index contributed by atoms with van der Waals surface area (Å²) in [5.74, 6) is 0.344. The van der Waals surface area contributed by atoms with Gasteiger partial charge in [0.25, 0.3) is 0 Å². The number of rotatable bonds is 6. The third-order valence-corrected chi connectivity index (χ3v) is 6.08. The van der Waals surface area contributed by atoms with Crippen molar-refractivity contribution in [2.75, 3.05) is 12.8 Å². The molecule has 0 heterocycles. The van der Waals surface area contributed by atoms with Gasteiger partial charge in [0.05, 0.1) is 4.75 Å². The summed E-state index contributed by atoms with van der Waals surface area (Å²) in [5, 5.41) is 3.35. The predicted octanol–water partition coefficient (Wildman–Crippen LogP) is 2.59. The molecule has 1 N–H and O–H groups in total. The fourth-order valence-electron chi connectivity index (χ4n) is 1.76. The highest BCUT2D eigenvalue weighted by atomic mass is 32.2. The Balaban J connectivity index is 2.64. The van der Waals surface area contributed by atoms with Gasteiger partial charge in [-0.2, -0.15) is 0 Å². The summed E-state index contributed by atoms with van der Waals surface area (Å²) >= 11 is 0. The number of benzene rings is 1. The fourth-order valence-corrected chi connectivity index (χ4v) is 2.11. The molecule has 0 aromatic heterocycles. The van der Waals surface area contributed by atoms with Crippen molar-refractivity contribution in [2.24, 2.45) is 0 Å². The molecule has 0 amide bonds. The molecular formula is C15H25NO2S. The van der Waals surface area contributed by atoms with Gasteiger partial charge in [-0.15, -0.1) is 0 Å². The summed E-state index contributed by atoms with van der Waals surface area (Å²) in [7, 11) is -3.05. The van der Waals surface area contributed by atoms with Crippen molar-refractivity contribution < 1.29 is 8.42 Å². The first kappa shape index (κ1) is 16.2. The maximum atomic E-state index is 11.7. The van der Waals surface area contributed by atoms with Crippen LogP contribution in [-0.4, -0.2) is 32.0 Å². The summed E-state index contributed by atoms with van der Waals surface area (Å²) in [6.07, 6.45) is 1.29. The average molecular weight is 283 g/mol. The molecule has 0 radical (unpaired) electrons. The Morgan fingerprint density at radius 2 is 1.68 bits per heavy atom. The minimum atomic E-state index is -3.05. The molecule has 0 aliphatic rings. The van der Waals surface area contributed by atoms with E-state index in [4.69, 9.17) is 0 Å². The number of hydrogen-bond acceptors (Lipinski definition) is 3. The van der Waals surface area contributed by atoms with Crippen LogP contribution in [0.1, 0.15) is 39.2 Å². The third-order valence-electron chi connectivity index (χ3n) is 3.93. The van der Waals surface area contributed by atoms with E-state index in [0.717, 1.165) is 0 Å². The van der Waals surface area contributed by atoms with Crippen LogP contribution in [0.15, 0.2) is 30.3 Å². The molecule has 108 valence electrons. The van der Waals surface area contributed by atoms with Crippen LogP contribution in [0, 0.1) is 0 Å². The molecular weight excluding hydrogens is 258 g/mol. The molecule has 4 heteroatoms. The van der Waals surface area contributed by atoms with E-state index in [2.05, 4.69) is 31.3 Å². The minimum Gasteiger partial charge on any atom is -0.312 e. The third kappa shape index (κ3) is 4.32. The zero-order valence-corrected chi connectivity index (χ0v) is 13.3. The largest absolute Gasteiger partial charge is 0.312 e. The molecule has 0 saturated carbocycles. The van der Waals surface area contributed by atoms with Crippen LogP contribution in [0.25, 0.3) is 0 Å². The summed E-state index contributed by atoms with van der Waals surface area (Å²) < 4.78 is 22.6. The molecule has 0 unspecified atom stereocenters. The average Bonchev–Trinajstić information content (AvgIpc) is 2.35. The second-order valence-electron chi connectivity index (χ2n) is 5.90. The molecule has 0 fully saturated rings. The highest BCUT2D eigenvalue weighted by Gasteiger charge is 2.30. The first-order chi connectivity index (χ1) is 8.65. The van der Waals surface area contributed by atoms with Crippen molar-refractivity contribution in [1.29, 1.82) is 0 Å². The van der Waals surface area contributed by atoms with Crippen molar-refractivity contribution in [3.8, 4) is 0 Å². The second-order valence-corrected chi connectivity index (χ2v) is 8.55. The Kier molecular flexibility index (Phi) is 5.16. The molecule has 0 saturated heterocycles. The lowest BCUT2D eigenvalue weighted by Gasteiger charge is -2.28. The number of hydrogen-bond donors (Lipinski definition) is 1. The van der Waals surface area contributed by atoms with Crippen molar-refractivity contribution in [3.63, 3.8) is 0 Å². The van der Waals surface area contributed by atoms with Gasteiger partial charge in [0.2, 0.25) is 0 Å². The van der Waals surface area contributed by atoms with Gasteiger partial charge in [-0.25, -0.2) is 8.42 Å². The first-order valence-corrected chi connectivity index (χ1v) is 8.52. The Morgan fingerprint density at radius 3 is 2.16 bits per heavy atom. The van der Waals surface area contributed by atoms with Crippen LogP contribution in [0.4, 0.5) is 0 Å². The van der Waals surface area contributed by atoms with Gasteiger partial charge in [-0.3, -0.25) is 0 Å². The summed E-state index contributed by atoms with van der Waals surface area (Å²) in [6, 6.07) is 10.5. The summed E-state index contributed by atoms with van der Waals surface area (Å²) in [4.78, 5) is 0. The molecule has 0 spiro atoms. The van der Waals surface area contributed by atoms with Crippen LogP contribution in [-0.2, 0) is 9.84 Å². The molecule has 1 aromatic carbocycles. The molecule has 0 aliphatic carbocycles. The molecule has 3 nitrogen and oxygen atoms in total. The molecule has 0 bridgehead atoms. The predicted molar refractivity (Wildman–Crippen MR) is 81.2 cm³/mol. The molecule has 2 atom stereocenters. The number of nitrogens with one attached hydrogen (secondary N) is 1. The van der Waals surface area contributed by atoms with Gasteiger partial charge in [-0.1, -0.05) is 37.3 Å². The standard InChI is InChI=1S/C15H25NO2S/c1-12(14-9-7-6-8-10-14)13(2)16-11-15(3,4)19(5,17)18/h6-10,12-13,16H,11H2,1-5H3/t12-,13+/m1/s1. The van der Waals surface area contributed by atoms with E-state index in [9.17, 15) is 8.42 Å². The molecule has 1 aromatic rings. The van der Waals surface area contributed by atoms with E-state index >= 15 is 0 Å². The zero-order chi connectivity index (χ0) is 14.7. The van der Waals surface area contributed by atoms with Gasteiger partial charge in [0.1, 0.15) is 0 Å². The monoisotopic (exact) mass is 283 g/mol. The Morgan fingerprint density at radius 1 is 1.16 bits per heavy atom. The van der Waals surface area contributed by atoms with Gasteiger partial charge >= 0.3 is 0 Å². The minimum absolute atomic E-state index is 0.225. The van der Waals surface area contributed by atoms with E-state index < -0.39 is 14.6 Å².